The highest BCUT2D eigenvalue weighted by Crippen LogP contribution is 2.49. The van der Waals surface area contributed by atoms with Crippen molar-refractivity contribution >= 4 is 6.09 Å². The van der Waals surface area contributed by atoms with Crippen molar-refractivity contribution < 1.29 is 18.4 Å². The first-order chi connectivity index (χ1) is 16.2. The molecule has 7 heteroatoms. The van der Waals surface area contributed by atoms with E-state index in [1.165, 1.54) is 17.7 Å². The van der Waals surface area contributed by atoms with Gasteiger partial charge in [-0.1, -0.05) is 41.9 Å². The molecule has 2 saturated carbocycles. The molecule has 5 rings (SSSR count). The van der Waals surface area contributed by atoms with E-state index in [1.807, 2.05) is 43.9 Å². The van der Waals surface area contributed by atoms with Crippen LogP contribution in [0.25, 0.3) is 11.5 Å². The van der Waals surface area contributed by atoms with Gasteiger partial charge in [-0.2, -0.15) is 4.98 Å². The normalized spacial score (nSPS) is 20.9. The zero-order valence-corrected chi connectivity index (χ0v) is 19.8. The predicted molar refractivity (Wildman–Crippen MR) is 126 cm³/mol. The van der Waals surface area contributed by atoms with Crippen LogP contribution in [0.3, 0.4) is 0 Å². The molecule has 1 heterocycles. The summed E-state index contributed by atoms with van der Waals surface area (Å²) in [4.78, 5) is 19.9. The second-order valence-electron chi connectivity index (χ2n) is 10.5. The molecule has 0 aliphatic heterocycles. The fourth-order valence-corrected chi connectivity index (χ4v) is 4.75. The fourth-order valence-electron chi connectivity index (χ4n) is 4.75. The van der Waals surface area contributed by atoms with E-state index in [1.54, 1.807) is 12.1 Å². The highest BCUT2D eigenvalue weighted by atomic mass is 19.1. The second kappa shape index (κ2) is 8.53. The third-order valence-corrected chi connectivity index (χ3v) is 6.79. The van der Waals surface area contributed by atoms with E-state index in [9.17, 15) is 9.18 Å². The largest absolute Gasteiger partial charge is 0.444 e. The van der Waals surface area contributed by atoms with Crippen LogP contribution in [0.5, 0.6) is 0 Å². The van der Waals surface area contributed by atoms with Crippen LogP contribution in [-0.2, 0) is 10.2 Å². The van der Waals surface area contributed by atoms with Crippen LogP contribution in [0, 0.1) is 5.82 Å². The first-order valence-electron chi connectivity index (χ1n) is 11.9. The molecule has 2 aliphatic rings. The number of amides is 1. The van der Waals surface area contributed by atoms with Crippen LogP contribution in [-0.4, -0.2) is 39.3 Å². The molecule has 2 atom stereocenters. The molecule has 0 bridgehead atoms. The van der Waals surface area contributed by atoms with Gasteiger partial charge in [0.15, 0.2) is 5.82 Å². The molecule has 34 heavy (non-hydrogen) atoms. The number of rotatable bonds is 6. The van der Waals surface area contributed by atoms with Crippen LogP contribution >= 0.6 is 0 Å². The van der Waals surface area contributed by atoms with Crippen LogP contribution in [0.4, 0.5) is 9.18 Å². The summed E-state index contributed by atoms with van der Waals surface area (Å²) in [6, 6.07) is 16.4. The van der Waals surface area contributed by atoms with Gasteiger partial charge in [-0.25, -0.2) is 9.18 Å². The summed E-state index contributed by atoms with van der Waals surface area (Å²) in [6.07, 6.45) is 3.39. The van der Waals surface area contributed by atoms with Crippen LogP contribution in [0.1, 0.15) is 63.8 Å². The van der Waals surface area contributed by atoms with Gasteiger partial charge in [-0.05, 0) is 69.9 Å². The summed E-state index contributed by atoms with van der Waals surface area (Å²) in [5.41, 5.74) is 0.954. The number of ether oxygens (including phenoxy) is 1. The molecule has 0 radical (unpaired) electrons. The van der Waals surface area contributed by atoms with Gasteiger partial charge in [0.25, 0.3) is 5.89 Å². The Balaban J connectivity index is 1.40. The van der Waals surface area contributed by atoms with Crippen LogP contribution in [0.15, 0.2) is 59.1 Å². The van der Waals surface area contributed by atoms with E-state index in [-0.39, 0.29) is 23.4 Å². The number of aromatic nitrogens is 2. The van der Waals surface area contributed by atoms with E-state index < -0.39 is 5.60 Å². The van der Waals surface area contributed by atoms with Crippen molar-refractivity contribution in [3.8, 4) is 11.5 Å². The third-order valence-electron chi connectivity index (χ3n) is 6.79. The molecule has 0 spiro atoms. The van der Waals surface area contributed by atoms with E-state index in [0.29, 0.717) is 29.7 Å². The summed E-state index contributed by atoms with van der Waals surface area (Å²) in [7, 11) is 0. The molecule has 1 unspecified atom stereocenters. The third kappa shape index (κ3) is 4.56. The number of nitrogens with zero attached hydrogens (tertiary/aromatic N) is 3. The monoisotopic (exact) mass is 463 g/mol. The molecule has 1 aromatic heterocycles. The van der Waals surface area contributed by atoms with Gasteiger partial charge >= 0.3 is 6.09 Å². The Morgan fingerprint density at radius 1 is 1.15 bits per heavy atom. The minimum atomic E-state index is -0.582. The summed E-state index contributed by atoms with van der Waals surface area (Å²) in [5, 5.41) is 4.29. The maximum Gasteiger partial charge on any atom is 0.410 e. The molecule has 3 aromatic rings. The highest BCUT2D eigenvalue weighted by Gasteiger charge is 2.52. The Kier molecular flexibility index (Phi) is 5.66. The number of halogens is 1. The Morgan fingerprint density at radius 2 is 1.85 bits per heavy atom. The van der Waals surface area contributed by atoms with Gasteiger partial charge in [0, 0.05) is 24.1 Å². The summed E-state index contributed by atoms with van der Waals surface area (Å²) < 4.78 is 24.7. The van der Waals surface area contributed by atoms with Crippen molar-refractivity contribution in [1.82, 2.24) is 15.0 Å². The Morgan fingerprint density at radius 3 is 2.47 bits per heavy atom. The summed E-state index contributed by atoms with van der Waals surface area (Å²) in [5.74, 6) is 0.942. The molecule has 178 valence electrons. The second-order valence-corrected chi connectivity index (χ2v) is 10.5. The van der Waals surface area contributed by atoms with Crippen LogP contribution < -0.4 is 0 Å². The van der Waals surface area contributed by atoms with Gasteiger partial charge in [0.05, 0.1) is 5.41 Å². The zero-order valence-electron chi connectivity index (χ0n) is 19.8. The van der Waals surface area contributed by atoms with E-state index >= 15 is 0 Å². The Labute approximate surface area is 199 Å². The van der Waals surface area contributed by atoms with Crippen molar-refractivity contribution in [2.75, 3.05) is 6.54 Å². The van der Waals surface area contributed by atoms with Gasteiger partial charge in [-0.3, -0.25) is 0 Å². The standard InChI is InChI=1S/C27H30FN3O3/c1-26(2,3)33-25(32)31(22-16-21(22)18-8-5-4-6-9-18)17-27(14-7-15-27)24-29-23(34-30-24)19-10-12-20(28)13-11-19/h4-6,8-13,21-22H,7,14-17H2,1-3H3/t21?,22-/m0/s1. The SMILES string of the molecule is CC(C)(C)OC(=O)N(CC1(c2noc(-c3ccc(F)cc3)n2)CCC1)[C@H]1CC1c1ccccc1. The zero-order chi connectivity index (χ0) is 23.9. The molecule has 2 fully saturated rings. The lowest BCUT2D eigenvalue weighted by Gasteiger charge is -2.43. The van der Waals surface area contributed by atoms with Crippen molar-refractivity contribution in [3.63, 3.8) is 0 Å². The first kappa shape index (κ1) is 22.6. The highest BCUT2D eigenvalue weighted by molar-refractivity contribution is 5.70. The summed E-state index contributed by atoms with van der Waals surface area (Å²) in [6.45, 7) is 6.14. The molecule has 6 nitrogen and oxygen atoms in total. The number of hydrogen-bond acceptors (Lipinski definition) is 5. The average molecular weight is 464 g/mol. The lowest BCUT2D eigenvalue weighted by molar-refractivity contribution is 0.0123. The molecule has 1 amide bonds. The van der Waals surface area contributed by atoms with Crippen molar-refractivity contribution in [1.29, 1.82) is 0 Å². The topological polar surface area (TPSA) is 68.5 Å². The van der Waals surface area contributed by atoms with Crippen molar-refractivity contribution in [3.05, 3.63) is 71.8 Å². The lowest BCUT2D eigenvalue weighted by atomic mass is 9.67. The Hall–Kier alpha value is -3.22. The molecule has 0 saturated heterocycles. The smallest absolute Gasteiger partial charge is 0.410 e. The van der Waals surface area contributed by atoms with E-state index in [0.717, 1.165) is 25.7 Å². The molecule has 2 aliphatic carbocycles. The lowest BCUT2D eigenvalue weighted by Crippen LogP contribution is -2.50. The van der Waals surface area contributed by atoms with Crippen molar-refractivity contribution in [2.24, 2.45) is 0 Å². The maximum absolute atomic E-state index is 13.3. The minimum absolute atomic E-state index is 0.0817. The molecule has 0 N–H and O–H groups in total. The van der Waals surface area contributed by atoms with Gasteiger partial charge in [0.2, 0.25) is 0 Å². The van der Waals surface area contributed by atoms with Crippen LogP contribution in [0.2, 0.25) is 0 Å². The maximum atomic E-state index is 13.3. The fraction of sp³-hybridized carbons (Fsp3) is 0.444. The quantitative estimate of drug-likeness (QED) is 0.442. The van der Waals surface area contributed by atoms with Gasteiger partial charge in [-0.15, -0.1) is 0 Å². The van der Waals surface area contributed by atoms with E-state index in [2.05, 4.69) is 22.3 Å². The average Bonchev–Trinajstić information content (AvgIpc) is 3.40. The minimum Gasteiger partial charge on any atom is -0.444 e. The molecular weight excluding hydrogens is 433 g/mol. The number of carbonyl (C=O) groups excluding carboxylic acids is 1. The van der Waals surface area contributed by atoms with E-state index in [4.69, 9.17) is 9.26 Å². The number of carbonyl (C=O) groups is 1. The number of hydrogen-bond donors (Lipinski definition) is 0. The number of benzene rings is 2. The van der Waals surface area contributed by atoms with Crippen molar-refractivity contribution in [2.45, 2.75) is 69.4 Å². The predicted octanol–water partition coefficient (Wildman–Crippen LogP) is 6.09. The first-order valence-corrected chi connectivity index (χ1v) is 11.9. The Bertz CT molecular complexity index is 1150. The van der Waals surface area contributed by atoms with Gasteiger partial charge in [0.1, 0.15) is 11.4 Å². The summed E-state index contributed by atoms with van der Waals surface area (Å²) >= 11 is 0. The molecular formula is C27H30FN3O3. The van der Waals surface area contributed by atoms with Gasteiger partial charge < -0.3 is 14.2 Å². The molecule has 2 aromatic carbocycles.